The molecule has 6 rings (SSSR count). The van der Waals surface area contributed by atoms with Gasteiger partial charge in [0.05, 0.1) is 6.54 Å². The predicted molar refractivity (Wildman–Crippen MR) is 140 cm³/mol. The van der Waals surface area contributed by atoms with Gasteiger partial charge in [-0.2, -0.15) is 0 Å². The third kappa shape index (κ3) is 6.32. The Kier molecular flexibility index (Phi) is 7.07. The van der Waals surface area contributed by atoms with Crippen molar-refractivity contribution in [3.8, 4) is 17.5 Å². The van der Waals surface area contributed by atoms with Gasteiger partial charge in [0, 0.05) is 55.2 Å². The van der Waals surface area contributed by atoms with Crippen molar-refractivity contribution in [2.24, 2.45) is 0 Å². The maximum Gasteiger partial charge on any atom is 0.573 e. The van der Waals surface area contributed by atoms with Crippen LogP contribution in [0.2, 0.25) is 0 Å². The number of aromatic nitrogens is 2. The first kappa shape index (κ1) is 26.7. The molecule has 0 N–H and O–H groups in total. The number of imidazole rings is 1. The van der Waals surface area contributed by atoms with Crippen LogP contribution >= 0.6 is 0 Å². The van der Waals surface area contributed by atoms with Crippen LogP contribution < -0.4 is 19.1 Å². The molecule has 0 saturated carbocycles. The smallest absolute Gasteiger partial charge is 0.490 e. The number of hydrogen-bond donors (Lipinski definition) is 0. The Hall–Kier alpha value is -4.46. The molecule has 11 nitrogen and oxygen atoms in total. The second-order valence-corrected chi connectivity index (χ2v) is 9.89. The van der Waals surface area contributed by atoms with E-state index in [9.17, 15) is 23.3 Å². The molecule has 216 valence electrons. The van der Waals surface area contributed by atoms with E-state index in [1.807, 2.05) is 24.3 Å². The number of aryl methyl sites for hydroxylation is 1. The highest BCUT2D eigenvalue weighted by molar-refractivity contribution is 5.79. The van der Waals surface area contributed by atoms with Crippen molar-refractivity contribution in [3.63, 3.8) is 0 Å². The number of piperazine rings is 1. The molecule has 2 aliphatic rings. The largest absolute Gasteiger partial charge is 0.573 e. The number of alkyl halides is 3. The van der Waals surface area contributed by atoms with Gasteiger partial charge in [-0.15, -0.1) is 13.2 Å². The van der Waals surface area contributed by atoms with Gasteiger partial charge in [0.15, 0.2) is 0 Å². The zero-order valence-corrected chi connectivity index (χ0v) is 21.7. The van der Waals surface area contributed by atoms with Crippen molar-refractivity contribution >= 4 is 22.5 Å². The molecule has 1 unspecified atom stereocenters. The van der Waals surface area contributed by atoms with Crippen molar-refractivity contribution in [1.29, 1.82) is 0 Å². The summed E-state index contributed by atoms with van der Waals surface area (Å²) in [6, 6.07) is 13.8. The van der Waals surface area contributed by atoms with Gasteiger partial charge in [0.1, 0.15) is 41.7 Å². The first-order chi connectivity index (χ1) is 19.7. The molecule has 2 aromatic carbocycles. The Morgan fingerprint density at radius 3 is 2.51 bits per heavy atom. The topological polar surface area (TPSA) is 108 Å². The molecule has 0 spiro atoms. The van der Waals surface area contributed by atoms with E-state index in [1.54, 1.807) is 10.6 Å². The Labute approximate surface area is 231 Å². The van der Waals surface area contributed by atoms with E-state index in [0.717, 1.165) is 31.9 Å². The van der Waals surface area contributed by atoms with Crippen molar-refractivity contribution in [3.05, 3.63) is 70.6 Å². The maximum atomic E-state index is 12.5. The Bertz CT molecular complexity index is 1530. The normalized spacial score (nSPS) is 17.7. The molecule has 41 heavy (non-hydrogen) atoms. The molecule has 4 heterocycles. The van der Waals surface area contributed by atoms with Gasteiger partial charge in [-0.05, 0) is 53.5 Å². The summed E-state index contributed by atoms with van der Waals surface area (Å²) in [6.07, 6.45) is -2.96. The van der Waals surface area contributed by atoms with E-state index >= 15 is 0 Å². The van der Waals surface area contributed by atoms with Crippen LogP contribution in [0.25, 0.3) is 11.0 Å². The highest BCUT2D eigenvalue weighted by Gasteiger charge is 2.31. The predicted octanol–water partition coefficient (Wildman–Crippen LogP) is 4.99. The van der Waals surface area contributed by atoms with Gasteiger partial charge in [-0.25, -0.2) is 0 Å². The third-order valence-corrected chi connectivity index (χ3v) is 7.04. The number of halogens is 3. The Morgan fingerprint density at radius 1 is 1.02 bits per heavy atom. The molecule has 1 fully saturated rings. The average Bonchev–Trinajstić information content (AvgIpc) is 3.55. The Morgan fingerprint density at radius 2 is 1.78 bits per heavy atom. The summed E-state index contributed by atoms with van der Waals surface area (Å²) in [5.41, 5.74) is 1.59. The number of fused-ring (bicyclic) bond motifs is 2. The standard InChI is InChI=1S/C27H26F3N5O6/c28-27(29,30)41-21-5-6-24-18(13-21)14-23(39-24)15-32-9-11-33(12-10-32)19-1-3-20(4-2-19)38-17-22-7-8-34-16-25(35(36)37)31-26(34)40-22/h1-6,13-14,16,22H,7-12,15,17H2. The number of nitrogens with zero attached hydrogens (tertiary/aromatic N) is 5. The minimum atomic E-state index is -4.74. The number of rotatable bonds is 8. The molecule has 14 heteroatoms. The minimum absolute atomic E-state index is 0.232. The fourth-order valence-electron chi connectivity index (χ4n) is 5.01. The van der Waals surface area contributed by atoms with Gasteiger partial charge < -0.3 is 33.6 Å². The van der Waals surface area contributed by atoms with Crippen LogP contribution in [0, 0.1) is 10.1 Å². The summed E-state index contributed by atoms with van der Waals surface area (Å²) in [6.45, 7) is 4.63. The highest BCUT2D eigenvalue weighted by atomic mass is 19.4. The van der Waals surface area contributed by atoms with E-state index in [2.05, 4.69) is 19.5 Å². The van der Waals surface area contributed by atoms with E-state index < -0.39 is 11.3 Å². The lowest BCUT2D eigenvalue weighted by molar-refractivity contribution is -0.389. The quantitative estimate of drug-likeness (QED) is 0.213. The van der Waals surface area contributed by atoms with Crippen LogP contribution in [0.15, 0.2) is 59.1 Å². The fourth-order valence-corrected chi connectivity index (χ4v) is 5.01. The zero-order valence-electron chi connectivity index (χ0n) is 21.7. The maximum absolute atomic E-state index is 12.5. The van der Waals surface area contributed by atoms with Crippen LogP contribution in [-0.4, -0.2) is 64.6 Å². The van der Waals surface area contributed by atoms with Crippen LogP contribution in [0.4, 0.5) is 24.7 Å². The summed E-state index contributed by atoms with van der Waals surface area (Å²) < 4.78 is 60.6. The lowest BCUT2D eigenvalue weighted by atomic mass is 10.2. The molecule has 1 atom stereocenters. The number of benzene rings is 2. The highest BCUT2D eigenvalue weighted by Crippen LogP contribution is 2.30. The fraction of sp³-hybridized carbons (Fsp3) is 0.370. The van der Waals surface area contributed by atoms with Gasteiger partial charge >= 0.3 is 18.2 Å². The Balaban J connectivity index is 0.973. The van der Waals surface area contributed by atoms with Crippen LogP contribution in [-0.2, 0) is 13.1 Å². The summed E-state index contributed by atoms with van der Waals surface area (Å²) in [7, 11) is 0. The molecule has 1 saturated heterocycles. The summed E-state index contributed by atoms with van der Waals surface area (Å²) >= 11 is 0. The summed E-state index contributed by atoms with van der Waals surface area (Å²) in [5.74, 6) is 0.878. The van der Waals surface area contributed by atoms with Crippen LogP contribution in [0.1, 0.15) is 12.2 Å². The number of anilines is 1. The molecular weight excluding hydrogens is 547 g/mol. The van der Waals surface area contributed by atoms with Crippen molar-refractivity contribution in [2.45, 2.75) is 32.0 Å². The molecule has 4 aromatic rings. The van der Waals surface area contributed by atoms with E-state index in [-0.39, 0.29) is 23.7 Å². The van der Waals surface area contributed by atoms with E-state index in [1.165, 1.54) is 24.4 Å². The molecule has 0 radical (unpaired) electrons. The van der Waals surface area contributed by atoms with E-state index in [4.69, 9.17) is 13.9 Å². The van der Waals surface area contributed by atoms with Crippen molar-refractivity contribution < 1.29 is 36.7 Å². The first-order valence-corrected chi connectivity index (χ1v) is 13.1. The van der Waals surface area contributed by atoms with E-state index in [0.29, 0.717) is 48.6 Å². The van der Waals surface area contributed by atoms with Crippen molar-refractivity contribution in [2.75, 3.05) is 37.7 Å². The summed E-state index contributed by atoms with van der Waals surface area (Å²) in [5, 5.41) is 11.5. The second-order valence-electron chi connectivity index (χ2n) is 9.89. The van der Waals surface area contributed by atoms with Crippen LogP contribution in [0.3, 0.4) is 0 Å². The monoisotopic (exact) mass is 573 g/mol. The number of furan rings is 1. The molecule has 0 aliphatic carbocycles. The van der Waals surface area contributed by atoms with Gasteiger partial charge in [0.2, 0.25) is 0 Å². The SMILES string of the molecule is O=[N+]([O-])c1cn2c(n1)OC(COc1ccc(N3CCN(Cc4cc5cc(OC(F)(F)F)ccc5o4)CC3)cc1)CC2. The van der Waals surface area contributed by atoms with Gasteiger partial charge in [-0.3, -0.25) is 9.47 Å². The molecule has 0 bridgehead atoms. The molecular formula is C27H26F3N5O6. The second kappa shape index (κ2) is 10.8. The number of ether oxygens (including phenoxy) is 3. The molecule has 2 aromatic heterocycles. The number of hydrogen-bond acceptors (Lipinski definition) is 9. The average molecular weight is 574 g/mol. The molecule has 0 amide bonds. The van der Waals surface area contributed by atoms with Gasteiger partial charge in [-0.1, -0.05) is 0 Å². The lowest BCUT2D eigenvalue weighted by Gasteiger charge is -2.35. The van der Waals surface area contributed by atoms with Crippen molar-refractivity contribution in [1.82, 2.24) is 14.5 Å². The first-order valence-electron chi connectivity index (χ1n) is 13.1. The van der Waals surface area contributed by atoms with Crippen LogP contribution in [0.5, 0.6) is 17.5 Å². The third-order valence-electron chi connectivity index (χ3n) is 7.04. The molecule has 2 aliphatic heterocycles. The minimum Gasteiger partial charge on any atom is -0.490 e. The summed E-state index contributed by atoms with van der Waals surface area (Å²) in [4.78, 5) is 18.8. The zero-order chi connectivity index (χ0) is 28.6. The van der Waals surface area contributed by atoms with Gasteiger partial charge in [0.25, 0.3) is 0 Å². The lowest BCUT2D eigenvalue weighted by Crippen LogP contribution is -2.45. The number of nitro groups is 1.